The predicted molar refractivity (Wildman–Crippen MR) is 69.9 cm³/mol. The fourth-order valence-corrected chi connectivity index (χ4v) is 2.36. The Labute approximate surface area is 112 Å². The number of benzene rings is 1. The number of rotatable bonds is 4. The number of nitrogens with one attached hydrogen (secondary N) is 1. The van der Waals surface area contributed by atoms with Crippen molar-refractivity contribution in [2.45, 2.75) is 25.4 Å². The van der Waals surface area contributed by atoms with Crippen LogP contribution in [0.2, 0.25) is 0 Å². The first kappa shape index (κ1) is 14.0. The number of nitrogens with zero attached hydrogens (tertiary/aromatic N) is 1. The topological polar surface area (TPSA) is 52.6 Å². The van der Waals surface area contributed by atoms with E-state index in [2.05, 4.69) is 10.2 Å². The van der Waals surface area contributed by atoms with Crippen molar-refractivity contribution >= 4 is 5.91 Å². The van der Waals surface area contributed by atoms with Gasteiger partial charge in [0.2, 0.25) is 5.91 Å². The Balaban J connectivity index is 1.77. The second-order valence-corrected chi connectivity index (χ2v) is 4.90. The molecule has 1 saturated heterocycles. The molecule has 0 aromatic heterocycles. The van der Waals surface area contributed by atoms with Crippen LogP contribution in [0.15, 0.2) is 24.3 Å². The third-order valence-electron chi connectivity index (χ3n) is 3.42. The number of hydrogen-bond donors (Lipinski definition) is 2. The van der Waals surface area contributed by atoms with Gasteiger partial charge in [0.05, 0.1) is 0 Å². The summed E-state index contributed by atoms with van der Waals surface area (Å²) in [5, 5.41) is 11.5. The van der Waals surface area contributed by atoms with Crippen LogP contribution in [0.3, 0.4) is 0 Å². The molecule has 1 aliphatic rings. The van der Waals surface area contributed by atoms with Crippen LogP contribution < -0.4 is 5.32 Å². The van der Waals surface area contributed by atoms with E-state index in [1.54, 1.807) is 12.1 Å². The van der Waals surface area contributed by atoms with Gasteiger partial charge in [0.25, 0.3) is 0 Å². The number of piperidine rings is 1. The van der Waals surface area contributed by atoms with Crippen LogP contribution in [-0.4, -0.2) is 41.7 Å². The molecule has 2 rings (SSSR count). The highest BCUT2D eigenvalue weighted by Gasteiger charge is 2.20. The third kappa shape index (κ3) is 4.29. The Morgan fingerprint density at radius 1 is 1.32 bits per heavy atom. The van der Waals surface area contributed by atoms with Crippen LogP contribution in [-0.2, 0) is 11.3 Å². The summed E-state index contributed by atoms with van der Waals surface area (Å²) in [5.41, 5.74) is 1.10. The predicted octanol–water partition coefficient (Wildman–Crippen LogP) is 0.899. The molecule has 5 heteroatoms. The second kappa shape index (κ2) is 6.63. The van der Waals surface area contributed by atoms with Crippen molar-refractivity contribution < 1.29 is 14.3 Å². The van der Waals surface area contributed by atoms with E-state index in [-0.39, 0.29) is 17.8 Å². The van der Waals surface area contributed by atoms with Crippen molar-refractivity contribution in [3.63, 3.8) is 0 Å². The lowest BCUT2D eigenvalue weighted by Crippen LogP contribution is -2.45. The first-order chi connectivity index (χ1) is 9.17. The molecule has 1 heterocycles. The molecule has 104 valence electrons. The quantitative estimate of drug-likeness (QED) is 0.851. The van der Waals surface area contributed by atoms with Crippen molar-refractivity contribution in [1.29, 1.82) is 0 Å². The van der Waals surface area contributed by atoms with Crippen LogP contribution in [0.1, 0.15) is 18.4 Å². The van der Waals surface area contributed by atoms with E-state index < -0.39 is 6.61 Å². The van der Waals surface area contributed by atoms with Crippen molar-refractivity contribution in [3.8, 4) is 0 Å². The van der Waals surface area contributed by atoms with Crippen LogP contribution in [0, 0.1) is 5.82 Å². The van der Waals surface area contributed by atoms with Crippen molar-refractivity contribution in [2.75, 3.05) is 19.7 Å². The van der Waals surface area contributed by atoms with E-state index >= 15 is 0 Å². The van der Waals surface area contributed by atoms with Gasteiger partial charge in [0.15, 0.2) is 0 Å². The largest absolute Gasteiger partial charge is 0.387 e. The molecule has 2 N–H and O–H groups in total. The van der Waals surface area contributed by atoms with Gasteiger partial charge in [0, 0.05) is 25.7 Å². The Kier molecular flexibility index (Phi) is 4.87. The highest BCUT2D eigenvalue weighted by molar-refractivity contribution is 5.77. The highest BCUT2D eigenvalue weighted by atomic mass is 19.1. The smallest absolute Gasteiger partial charge is 0.245 e. The zero-order valence-electron chi connectivity index (χ0n) is 10.8. The summed E-state index contributed by atoms with van der Waals surface area (Å²) in [5.74, 6) is -0.522. The molecule has 1 fully saturated rings. The first-order valence-electron chi connectivity index (χ1n) is 6.54. The average molecular weight is 266 g/mol. The molecule has 4 nitrogen and oxygen atoms in total. The molecule has 0 aliphatic carbocycles. The molecule has 1 aliphatic heterocycles. The molecule has 1 aromatic rings. The molecular weight excluding hydrogens is 247 g/mol. The van der Waals surface area contributed by atoms with Crippen molar-refractivity contribution in [1.82, 2.24) is 10.2 Å². The molecule has 0 unspecified atom stereocenters. The lowest BCUT2D eigenvalue weighted by Gasteiger charge is -2.32. The number of carbonyl (C=O) groups excluding carboxylic acids is 1. The van der Waals surface area contributed by atoms with E-state index in [1.165, 1.54) is 12.1 Å². The van der Waals surface area contributed by atoms with Gasteiger partial charge in [0.1, 0.15) is 12.4 Å². The van der Waals surface area contributed by atoms with Gasteiger partial charge in [-0.25, -0.2) is 4.39 Å². The Morgan fingerprint density at radius 2 is 1.95 bits per heavy atom. The summed E-state index contributed by atoms with van der Waals surface area (Å²) >= 11 is 0. The molecular formula is C14H19FN2O2. The van der Waals surface area contributed by atoms with E-state index in [9.17, 15) is 9.18 Å². The maximum Gasteiger partial charge on any atom is 0.245 e. The van der Waals surface area contributed by atoms with Gasteiger partial charge in [-0.2, -0.15) is 0 Å². The number of hydrogen-bond acceptors (Lipinski definition) is 3. The van der Waals surface area contributed by atoms with Gasteiger partial charge in [-0.3, -0.25) is 9.69 Å². The Hall–Kier alpha value is -1.46. The zero-order chi connectivity index (χ0) is 13.7. The van der Waals surface area contributed by atoms with E-state index in [0.29, 0.717) is 0 Å². The summed E-state index contributed by atoms with van der Waals surface area (Å²) in [4.78, 5) is 13.4. The molecule has 0 spiro atoms. The van der Waals surface area contributed by atoms with Gasteiger partial charge in [-0.1, -0.05) is 12.1 Å². The van der Waals surface area contributed by atoms with Crippen molar-refractivity contribution in [2.24, 2.45) is 0 Å². The maximum absolute atomic E-state index is 12.8. The maximum atomic E-state index is 12.8. The van der Waals surface area contributed by atoms with Crippen LogP contribution >= 0.6 is 0 Å². The lowest BCUT2D eigenvalue weighted by atomic mass is 10.0. The first-order valence-corrected chi connectivity index (χ1v) is 6.54. The van der Waals surface area contributed by atoms with Crippen molar-refractivity contribution in [3.05, 3.63) is 35.6 Å². The van der Waals surface area contributed by atoms with Gasteiger partial charge in [-0.15, -0.1) is 0 Å². The molecule has 19 heavy (non-hydrogen) atoms. The SMILES string of the molecule is O=C(CO)NC1CCN(Cc2ccc(F)cc2)CC1. The van der Waals surface area contributed by atoms with Gasteiger partial charge in [-0.05, 0) is 30.5 Å². The Morgan fingerprint density at radius 3 is 2.53 bits per heavy atom. The van der Waals surface area contributed by atoms with Gasteiger partial charge >= 0.3 is 0 Å². The minimum absolute atomic E-state index is 0.157. The standard InChI is InChI=1S/C14H19FN2O2/c15-12-3-1-11(2-4-12)9-17-7-5-13(6-8-17)16-14(19)10-18/h1-4,13,18H,5-10H2,(H,16,19). The van der Waals surface area contributed by atoms with E-state index in [4.69, 9.17) is 5.11 Å². The number of aliphatic hydroxyl groups is 1. The summed E-state index contributed by atoms with van der Waals surface area (Å²) in [7, 11) is 0. The molecule has 0 bridgehead atoms. The molecule has 0 atom stereocenters. The number of amides is 1. The lowest BCUT2D eigenvalue weighted by molar-refractivity contribution is -0.124. The number of aliphatic hydroxyl groups excluding tert-OH is 1. The molecule has 0 saturated carbocycles. The van der Waals surface area contributed by atoms with Crippen LogP contribution in [0.25, 0.3) is 0 Å². The van der Waals surface area contributed by atoms with E-state index in [0.717, 1.165) is 38.0 Å². The number of likely N-dealkylation sites (tertiary alicyclic amines) is 1. The normalized spacial score (nSPS) is 17.4. The van der Waals surface area contributed by atoms with Crippen LogP contribution in [0.4, 0.5) is 4.39 Å². The fraction of sp³-hybridized carbons (Fsp3) is 0.500. The summed E-state index contributed by atoms with van der Waals surface area (Å²) in [6.07, 6.45) is 1.76. The number of carbonyl (C=O) groups is 1. The average Bonchev–Trinajstić information content (AvgIpc) is 2.43. The minimum Gasteiger partial charge on any atom is -0.387 e. The number of halogens is 1. The molecule has 0 radical (unpaired) electrons. The summed E-state index contributed by atoms with van der Waals surface area (Å²) in [6.45, 7) is 2.15. The minimum atomic E-state index is -0.449. The van der Waals surface area contributed by atoms with Gasteiger partial charge < -0.3 is 10.4 Å². The monoisotopic (exact) mass is 266 g/mol. The summed E-state index contributed by atoms with van der Waals surface area (Å²) in [6, 6.07) is 6.71. The molecule has 1 aromatic carbocycles. The van der Waals surface area contributed by atoms with Crippen LogP contribution in [0.5, 0.6) is 0 Å². The fourth-order valence-electron chi connectivity index (χ4n) is 2.36. The molecule has 1 amide bonds. The highest BCUT2D eigenvalue weighted by Crippen LogP contribution is 2.14. The summed E-state index contributed by atoms with van der Waals surface area (Å²) < 4.78 is 12.8. The third-order valence-corrected chi connectivity index (χ3v) is 3.42. The van der Waals surface area contributed by atoms with E-state index in [1.807, 2.05) is 0 Å². The second-order valence-electron chi connectivity index (χ2n) is 4.90. The Bertz CT molecular complexity index is 414. The zero-order valence-corrected chi connectivity index (χ0v) is 10.8.